The van der Waals surface area contributed by atoms with E-state index in [-0.39, 0.29) is 17.7 Å². The van der Waals surface area contributed by atoms with Crippen LogP contribution in [-0.4, -0.2) is 32.7 Å². The van der Waals surface area contributed by atoms with Gasteiger partial charge in [0.2, 0.25) is 0 Å². The number of hydrogen-bond acceptors (Lipinski definition) is 4. The summed E-state index contributed by atoms with van der Waals surface area (Å²) < 4.78 is 5.75. The second-order valence-electron chi connectivity index (χ2n) is 8.67. The van der Waals surface area contributed by atoms with E-state index in [0.29, 0.717) is 30.1 Å². The van der Waals surface area contributed by atoms with E-state index >= 15 is 0 Å². The van der Waals surface area contributed by atoms with Gasteiger partial charge in [-0.3, -0.25) is 9.89 Å². The number of hydrogen-bond donors (Lipinski definition) is 2. The quantitative estimate of drug-likeness (QED) is 0.402. The SMILES string of the molecule is CCOc1cccc(C2c3c(-c4cc(C)cc(C)c4O)n[nH]c3C(=O)N2Cc2ccccc2)c1. The van der Waals surface area contributed by atoms with Crippen LogP contribution < -0.4 is 4.74 Å². The monoisotopic (exact) mass is 453 g/mol. The molecule has 172 valence electrons. The van der Waals surface area contributed by atoms with E-state index in [0.717, 1.165) is 33.6 Å². The molecule has 0 radical (unpaired) electrons. The van der Waals surface area contributed by atoms with Gasteiger partial charge in [-0.1, -0.05) is 48.5 Å². The maximum atomic E-state index is 13.6. The summed E-state index contributed by atoms with van der Waals surface area (Å²) >= 11 is 0. The van der Waals surface area contributed by atoms with Gasteiger partial charge in [-0.25, -0.2) is 0 Å². The summed E-state index contributed by atoms with van der Waals surface area (Å²) in [5.41, 5.74) is 6.20. The Labute approximate surface area is 198 Å². The molecule has 1 atom stereocenters. The van der Waals surface area contributed by atoms with E-state index in [1.54, 1.807) is 0 Å². The molecule has 0 fully saturated rings. The molecule has 2 heterocycles. The average molecular weight is 454 g/mol. The van der Waals surface area contributed by atoms with E-state index in [9.17, 15) is 9.90 Å². The second-order valence-corrected chi connectivity index (χ2v) is 8.67. The van der Waals surface area contributed by atoms with Gasteiger partial charge < -0.3 is 14.7 Å². The third-order valence-corrected chi connectivity index (χ3v) is 6.24. The van der Waals surface area contributed by atoms with Gasteiger partial charge in [0.15, 0.2) is 0 Å². The predicted octanol–water partition coefficient (Wildman–Crippen LogP) is 5.54. The molecule has 2 N–H and O–H groups in total. The molecule has 34 heavy (non-hydrogen) atoms. The number of nitrogens with zero attached hydrogens (tertiary/aromatic N) is 2. The first kappa shape index (κ1) is 21.8. The topological polar surface area (TPSA) is 78.5 Å². The zero-order chi connectivity index (χ0) is 23.8. The largest absolute Gasteiger partial charge is 0.507 e. The van der Waals surface area contributed by atoms with Crippen molar-refractivity contribution in [3.05, 3.63) is 100 Å². The van der Waals surface area contributed by atoms with E-state index in [1.807, 2.05) is 92.4 Å². The van der Waals surface area contributed by atoms with Crippen LogP contribution in [0.4, 0.5) is 0 Å². The van der Waals surface area contributed by atoms with Crippen molar-refractivity contribution in [1.29, 1.82) is 0 Å². The van der Waals surface area contributed by atoms with Crippen LogP contribution in [0.5, 0.6) is 11.5 Å². The van der Waals surface area contributed by atoms with Crippen molar-refractivity contribution >= 4 is 5.91 Å². The Kier molecular flexibility index (Phi) is 5.57. The van der Waals surface area contributed by atoms with Gasteiger partial charge in [0.1, 0.15) is 22.9 Å². The van der Waals surface area contributed by atoms with Crippen LogP contribution in [0.1, 0.15) is 51.3 Å². The second kappa shape index (κ2) is 8.71. The Hall–Kier alpha value is -4.06. The van der Waals surface area contributed by atoms with Crippen LogP contribution in [0.2, 0.25) is 0 Å². The smallest absolute Gasteiger partial charge is 0.273 e. The lowest BCUT2D eigenvalue weighted by molar-refractivity contribution is 0.0730. The molecule has 6 heteroatoms. The van der Waals surface area contributed by atoms with Gasteiger partial charge in [-0.15, -0.1) is 0 Å². The number of carbonyl (C=O) groups is 1. The Morgan fingerprint density at radius 2 is 1.85 bits per heavy atom. The molecule has 5 rings (SSSR count). The molecular weight excluding hydrogens is 426 g/mol. The fraction of sp³-hybridized carbons (Fsp3) is 0.214. The number of carbonyl (C=O) groups excluding carboxylic acids is 1. The Bertz CT molecular complexity index is 1360. The third kappa shape index (κ3) is 3.71. The summed E-state index contributed by atoms with van der Waals surface area (Å²) in [6.45, 7) is 6.80. The number of benzene rings is 3. The summed E-state index contributed by atoms with van der Waals surface area (Å²) in [6, 6.07) is 21.3. The van der Waals surface area contributed by atoms with Crippen molar-refractivity contribution in [2.75, 3.05) is 6.61 Å². The average Bonchev–Trinajstić information content (AvgIpc) is 3.36. The van der Waals surface area contributed by atoms with Gasteiger partial charge in [0.25, 0.3) is 5.91 Å². The van der Waals surface area contributed by atoms with Gasteiger partial charge in [0.05, 0.1) is 12.6 Å². The number of phenols is 1. The van der Waals surface area contributed by atoms with Gasteiger partial charge in [-0.05, 0) is 61.2 Å². The van der Waals surface area contributed by atoms with E-state index in [1.165, 1.54) is 0 Å². The number of rotatable bonds is 6. The van der Waals surface area contributed by atoms with Gasteiger partial charge >= 0.3 is 0 Å². The lowest BCUT2D eigenvalue weighted by Gasteiger charge is -2.27. The number of amides is 1. The first-order chi connectivity index (χ1) is 16.5. The predicted molar refractivity (Wildman–Crippen MR) is 131 cm³/mol. The molecule has 3 aromatic carbocycles. The molecule has 6 nitrogen and oxygen atoms in total. The zero-order valence-electron chi connectivity index (χ0n) is 19.5. The molecule has 0 saturated heterocycles. The molecule has 1 aromatic heterocycles. The fourth-order valence-corrected chi connectivity index (χ4v) is 4.77. The maximum absolute atomic E-state index is 13.6. The van der Waals surface area contributed by atoms with Gasteiger partial charge in [0, 0.05) is 17.7 Å². The minimum absolute atomic E-state index is 0.117. The molecule has 0 saturated carbocycles. The summed E-state index contributed by atoms with van der Waals surface area (Å²) in [6.07, 6.45) is 0. The number of aromatic amines is 1. The van der Waals surface area contributed by atoms with Gasteiger partial charge in [-0.2, -0.15) is 5.10 Å². The van der Waals surface area contributed by atoms with Crippen molar-refractivity contribution in [2.45, 2.75) is 33.4 Å². The summed E-state index contributed by atoms with van der Waals surface area (Å²) in [5.74, 6) is 0.809. The Balaban J connectivity index is 1.69. The minimum Gasteiger partial charge on any atom is -0.507 e. The number of aromatic hydroxyl groups is 1. The fourth-order valence-electron chi connectivity index (χ4n) is 4.77. The summed E-state index contributed by atoms with van der Waals surface area (Å²) in [5, 5.41) is 18.4. The van der Waals surface area contributed by atoms with Crippen molar-refractivity contribution in [3.8, 4) is 22.8 Å². The number of phenolic OH excluding ortho intramolecular Hbond substituents is 1. The zero-order valence-corrected chi connectivity index (χ0v) is 19.5. The standard InChI is InChI=1S/C28H27N3O3/c1-4-34-21-12-8-11-20(15-21)26-23-24(22-14-17(2)13-18(3)27(22)32)29-30-25(23)28(33)31(26)16-19-9-6-5-7-10-19/h5-15,26,32H,4,16H2,1-3H3,(H,29,30). The van der Waals surface area contributed by atoms with E-state index in [4.69, 9.17) is 4.74 Å². The summed E-state index contributed by atoms with van der Waals surface area (Å²) in [7, 11) is 0. The van der Waals surface area contributed by atoms with Crippen LogP contribution >= 0.6 is 0 Å². The lowest BCUT2D eigenvalue weighted by atomic mass is 9.94. The van der Waals surface area contributed by atoms with Crippen LogP contribution in [0.25, 0.3) is 11.3 Å². The molecule has 0 bridgehead atoms. The van der Waals surface area contributed by atoms with Crippen molar-refractivity contribution in [2.24, 2.45) is 0 Å². The number of nitrogens with one attached hydrogen (secondary N) is 1. The first-order valence-corrected chi connectivity index (χ1v) is 11.4. The lowest BCUT2D eigenvalue weighted by Crippen LogP contribution is -2.29. The molecule has 1 unspecified atom stereocenters. The number of aromatic nitrogens is 2. The highest BCUT2D eigenvalue weighted by Crippen LogP contribution is 2.46. The van der Waals surface area contributed by atoms with Crippen LogP contribution in [0, 0.1) is 13.8 Å². The number of aryl methyl sites for hydroxylation is 2. The molecular formula is C28H27N3O3. The third-order valence-electron chi connectivity index (χ3n) is 6.24. The molecule has 1 aliphatic heterocycles. The maximum Gasteiger partial charge on any atom is 0.273 e. The molecule has 0 spiro atoms. The van der Waals surface area contributed by atoms with E-state index in [2.05, 4.69) is 10.2 Å². The highest BCUT2D eigenvalue weighted by molar-refractivity contribution is 6.00. The Morgan fingerprint density at radius 1 is 1.06 bits per heavy atom. The number of H-pyrrole nitrogens is 1. The van der Waals surface area contributed by atoms with Crippen LogP contribution in [0.15, 0.2) is 66.7 Å². The van der Waals surface area contributed by atoms with Crippen LogP contribution in [-0.2, 0) is 6.54 Å². The van der Waals surface area contributed by atoms with Crippen molar-refractivity contribution in [3.63, 3.8) is 0 Å². The first-order valence-electron chi connectivity index (χ1n) is 11.4. The highest BCUT2D eigenvalue weighted by atomic mass is 16.5. The number of fused-ring (bicyclic) bond motifs is 1. The number of ether oxygens (including phenoxy) is 1. The molecule has 1 aliphatic rings. The van der Waals surface area contributed by atoms with Crippen molar-refractivity contribution in [1.82, 2.24) is 15.1 Å². The normalized spacial score (nSPS) is 15.0. The van der Waals surface area contributed by atoms with E-state index < -0.39 is 0 Å². The molecule has 4 aromatic rings. The Morgan fingerprint density at radius 3 is 2.62 bits per heavy atom. The molecule has 1 amide bonds. The van der Waals surface area contributed by atoms with Crippen LogP contribution in [0.3, 0.4) is 0 Å². The minimum atomic E-state index is -0.378. The summed E-state index contributed by atoms with van der Waals surface area (Å²) in [4.78, 5) is 15.5. The highest BCUT2D eigenvalue weighted by Gasteiger charge is 2.42. The molecule has 0 aliphatic carbocycles. The van der Waals surface area contributed by atoms with Crippen molar-refractivity contribution < 1.29 is 14.6 Å².